The number of hydrogen-bond acceptors (Lipinski definition) is 5. The van der Waals surface area contributed by atoms with Gasteiger partial charge < -0.3 is 15.2 Å². The minimum atomic E-state index is -0.421. The molecule has 0 spiro atoms. The molecule has 154 valence electrons. The zero-order valence-corrected chi connectivity index (χ0v) is 16.7. The molecule has 1 fully saturated rings. The lowest BCUT2D eigenvalue weighted by Crippen LogP contribution is -2.52. The summed E-state index contributed by atoms with van der Waals surface area (Å²) in [5.74, 6) is 0.305. The minimum absolute atomic E-state index is 0.0742. The lowest BCUT2D eigenvalue weighted by Gasteiger charge is -2.37. The summed E-state index contributed by atoms with van der Waals surface area (Å²) in [5, 5.41) is 11.0. The van der Waals surface area contributed by atoms with E-state index in [0.29, 0.717) is 25.5 Å². The van der Waals surface area contributed by atoms with Crippen molar-refractivity contribution in [2.45, 2.75) is 25.4 Å². The fourth-order valence-corrected chi connectivity index (χ4v) is 3.76. The number of likely N-dealkylation sites (N-methyl/N-ethyl adjacent to an activating group) is 1. The van der Waals surface area contributed by atoms with E-state index in [4.69, 9.17) is 0 Å². The fraction of sp³-hybridized carbons (Fsp3) is 0.450. The number of aromatic nitrogens is 4. The Morgan fingerprint density at radius 1 is 1.38 bits per heavy atom. The second-order valence-electron chi connectivity index (χ2n) is 7.66. The number of fused-ring (bicyclic) bond motifs is 1. The molecule has 1 aliphatic heterocycles. The van der Waals surface area contributed by atoms with Crippen molar-refractivity contribution in [3.05, 3.63) is 41.9 Å². The van der Waals surface area contributed by atoms with E-state index in [1.165, 1.54) is 0 Å². The van der Waals surface area contributed by atoms with Gasteiger partial charge in [0.15, 0.2) is 0 Å². The van der Waals surface area contributed by atoms with Gasteiger partial charge in [-0.1, -0.05) is 18.2 Å². The van der Waals surface area contributed by atoms with Crippen molar-refractivity contribution in [1.82, 2.24) is 30.4 Å². The third kappa shape index (κ3) is 4.09. The standard InChI is InChI=1S/C20H26FN7O/c1-13(9-14-11-22-17-6-4-3-5-16(14)17)23-19(29)18-24-20(26-25-18)28-8-7-27(2)15(10-21)12-28/h3-6,11,13,15,22H,7-10,12H2,1-2H3,(H,23,29)(H,24,25,26). The number of carbonyl (C=O) groups excluding carboxylic acids is 1. The van der Waals surface area contributed by atoms with E-state index in [-0.39, 0.29) is 23.8 Å². The Balaban J connectivity index is 1.37. The third-order valence-corrected chi connectivity index (χ3v) is 5.51. The maximum Gasteiger partial charge on any atom is 0.288 e. The number of nitrogens with one attached hydrogen (secondary N) is 3. The van der Waals surface area contributed by atoms with Crippen LogP contribution in [0.25, 0.3) is 10.9 Å². The van der Waals surface area contributed by atoms with Gasteiger partial charge in [0.1, 0.15) is 6.67 Å². The number of benzene rings is 1. The first kappa shape index (κ1) is 19.4. The van der Waals surface area contributed by atoms with E-state index in [0.717, 1.165) is 23.0 Å². The maximum atomic E-state index is 13.2. The molecule has 8 nitrogen and oxygen atoms in total. The van der Waals surface area contributed by atoms with Crippen LogP contribution in [0.3, 0.4) is 0 Å². The molecule has 3 N–H and O–H groups in total. The lowest BCUT2D eigenvalue weighted by molar-refractivity contribution is 0.0930. The molecule has 2 unspecified atom stereocenters. The van der Waals surface area contributed by atoms with Crippen molar-refractivity contribution in [3.63, 3.8) is 0 Å². The molecule has 2 atom stereocenters. The summed E-state index contributed by atoms with van der Waals surface area (Å²) in [7, 11) is 1.91. The Morgan fingerprint density at radius 2 is 2.21 bits per heavy atom. The summed E-state index contributed by atoms with van der Waals surface area (Å²) < 4.78 is 13.2. The van der Waals surface area contributed by atoms with Crippen LogP contribution in [0.5, 0.6) is 0 Å². The number of carbonyl (C=O) groups is 1. The number of halogens is 1. The van der Waals surface area contributed by atoms with E-state index in [1.54, 1.807) is 0 Å². The Hall–Kier alpha value is -2.94. The number of piperazine rings is 1. The van der Waals surface area contributed by atoms with Crippen LogP contribution in [0, 0.1) is 0 Å². The van der Waals surface area contributed by atoms with Gasteiger partial charge in [0, 0.05) is 42.8 Å². The Labute approximate surface area is 168 Å². The van der Waals surface area contributed by atoms with Crippen LogP contribution >= 0.6 is 0 Å². The number of nitrogens with zero attached hydrogens (tertiary/aromatic N) is 4. The highest BCUT2D eigenvalue weighted by Crippen LogP contribution is 2.19. The molecule has 1 amide bonds. The molecule has 0 aliphatic carbocycles. The van der Waals surface area contributed by atoms with Crippen LogP contribution in [0.4, 0.5) is 10.3 Å². The molecule has 9 heteroatoms. The molecule has 1 aliphatic rings. The molecule has 0 radical (unpaired) electrons. The van der Waals surface area contributed by atoms with Crippen LogP contribution in [-0.4, -0.2) is 76.4 Å². The second-order valence-corrected chi connectivity index (χ2v) is 7.66. The molecule has 29 heavy (non-hydrogen) atoms. The van der Waals surface area contributed by atoms with Crippen LogP contribution in [0.2, 0.25) is 0 Å². The third-order valence-electron chi connectivity index (χ3n) is 5.51. The molecule has 1 saturated heterocycles. The smallest absolute Gasteiger partial charge is 0.288 e. The predicted octanol–water partition coefficient (Wildman–Crippen LogP) is 1.74. The molecule has 1 aromatic carbocycles. The average Bonchev–Trinajstić information content (AvgIpc) is 3.36. The zero-order valence-electron chi connectivity index (χ0n) is 16.7. The van der Waals surface area contributed by atoms with E-state index >= 15 is 0 Å². The van der Waals surface area contributed by atoms with Crippen LogP contribution in [-0.2, 0) is 6.42 Å². The number of amides is 1. The summed E-state index contributed by atoms with van der Waals surface area (Å²) in [6.07, 6.45) is 2.68. The van der Waals surface area contributed by atoms with Gasteiger partial charge in [0.05, 0.1) is 6.04 Å². The van der Waals surface area contributed by atoms with Gasteiger partial charge in [0.25, 0.3) is 5.91 Å². The predicted molar refractivity (Wildman–Crippen MR) is 110 cm³/mol. The number of H-pyrrole nitrogens is 2. The number of para-hydroxylation sites is 1. The van der Waals surface area contributed by atoms with E-state index < -0.39 is 6.67 Å². The van der Waals surface area contributed by atoms with E-state index in [2.05, 4.69) is 31.5 Å². The van der Waals surface area contributed by atoms with Crippen molar-refractivity contribution < 1.29 is 9.18 Å². The number of hydrogen-bond donors (Lipinski definition) is 3. The lowest BCUT2D eigenvalue weighted by atomic mass is 10.1. The van der Waals surface area contributed by atoms with Gasteiger partial charge >= 0.3 is 0 Å². The molecule has 3 heterocycles. The first-order valence-electron chi connectivity index (χ1n) is 9.84. The number of anilines is 1. The summed E-state index contributed by atoms with van der Waals surface area (Å²) in [6, 6.07) is 7.84. The van der Waals surface area contributed by atoms with Crippen molar-refractivity contribution in [1.29, 1.82) is 0 Å². The molecular formula is C20H26FN7O. The molecule has 4 rings (SSSR count). The van der Waals surface area contributed by atoms with Crippen molar-refractivity contribution in [2.24, 2.45) is 0 Å². The highest BCUT2D eigenvalue weighted by Gasteiger charge is 2.27. The summed E-state index contributed by atoms with van der Waals surface area (Å²) in [4.78, 5) is 24.1. The Kier molecular flexibility index (Phi) is 5.48. The maximum absolute atomic E-state index is 13.2. The molecule has 0 bridgehead atoms. The highest BCUT2D eigenvalue weighted by atomic mass is 19.1. The van der Waals surface area contributed by atoms with E-state index in [1.807, 2.05) is 48.2 Å². The van der Waals surface area contributed by atoms with Crippen molar-refractivity contribution >= 4 is 22.8 Å². The monoisotopic (exact) mass is 399 g/mol. The average molecular weight is 399 g/mol. The van der Waals surface area contributed by atoms with Crippen LogP contribution in [0.15, 0.2) is 30.5 Å². The van der Waals surface area contributed by atoms with Crippen molar-refractivity contribution in [2.75, 3.05) is 38.3 Å². The van der Waals surface area contributed by atoms with Gasteiger partial charge in [-0.3, -0.25) is 14.8 Å². The van der Waals surface area contributed by atoms with Gasteiger partial charge in [-0.05, 0) is 32.0 Å². The highest BCUT2D eigenvalue weighted by molar-refractivity contribution is 5.91. The van der Waals surface area contributed by atoms with Crippen LogP contribution in [0.1, 0.15) is 23.1 Å². The first-order valence-corrected chi connectivity index (χ1v) is 9.84. The first-order chi connectivity index (χ1) is 14.0. The van der Waals surface area contributed by atoms with Gasteiger partial charge in [-0.2, -0.15) is 4.98 Å². The molecular weight excluding hydrogens is 373 g/mol. The summed E-state index contributed by atoms with van der Waals surface area (Å²) in [5.41, 5.74) is 2.24. The van der Waals surface area contributed by atoms with Crippen LogP contribution < -0.4 is 10.2 Å². The topological polar surface area (TPSA) is 92.9 Å². The summed E-state index contributed by atoms with van der Waals surface area (Å²) in [6.45, 7) is 3.47. The van der Waals surface area contributed by atoms with Gasteiger partial charge in [-0.25, -0.2) is 4.39 Å². The fourth-order valence-electron chi connectivity index (χ4n) is 3.76. The van der Waals surface area contributed by atoms with E-state index in [9.17, 15) is 9.18 Å². The molecule has 0 saturated carbocycles. The van der Waals surface area contributed by atoms with Crippen molar-refractivity contribution in [3.8, 4) is 0 Å². The molecule has 2 aromatic heterocycles. The Morgan fingerprint density at radius 3 is 3.03 bits per heavy atom. The second kappa shape index (κ2) is 8.20. The number of aromatic amines is 2. The Bertz CT molecular complexity index is 984. The largest absolute Gasteiger partial charge is 0.361 e. The van der Waals surface area contributed by atoms with Gasteiger partial charge in [0.2, 0.25) is 11.8 Å². The normalized spacial score (nSPS) is 18.9. The number of alkyl halides is 1. The quantitative estimate of drug-likeness (QED) is 0.587. The SMILES string of the molecule is CC(Cc1c[nH]c2ccccc12)NC(=O)c1nc(N2CCN(C)C(CF)C2)n[nH]1. The van der Waals surface area contributed by atoms with Gasteiger partial charge in [-0.15, -0.1) is 5.10 Å². The summed E-state index contributed by atoms with van der Waals surface area (Å²) >= 11 is 0. The minimum Gasteiger partial charge on any atom is -0.361 e. The number of rotatable bonds is 6. The molecule has 3 aromatic rings. The zero-order chi connectivity index (χ0) is 20.4.